The monoisotopic (exact) mass is 246 g/mol. The second kappa shape index (κ2) is 8.25. The Morgan fingerprint density at radius 1 is 1.28 bits per heavy atom. The van der Waals surface area contributed by atoms with Crippen molar-refractivity contribution in [3.8, 4) is 0 Å². The van der Waals surface area contributed by atoms with E-state index in [0.29, 0.717) is 13.2 Å². The van der Waals surface area contributed by atoms with Crippen LogP contribution in [0.5, 0.6) is 0 Å². The van der Waals surface area contributed by atoms with Gasteiger partial charge in [-0.15, -0.1) is 0 Å². The molecule has 0 heterocycles. The van der Waals surface area contributed by atoms with Gasteiger partial charge in [0.1, 0.15) is 0 Å². The Balaban J connectivity index is 2.64. The summed E-state index contributed by atoms with van der Waals surface area (Å²) in [4.78, 5) is 11.1. The van der Waals surface area contributed by atoms with Crippen molar-refractivity contribution in [2.75, 3.05) is 13.7 Å². The minimum atomic E-state index is -0.327. The molecule has 0 saturated carbocycles. The van der Waals surface area contributed by atoms with Gasteiger partial charge in [-0.3, -0.25) is 0 Å². The van der Waals surface area contributed by atoms with Crippen molar-refractivity contribution in [1.29, 1.82) is 0 Å². The standard InChI is InChI=1S/C15H18O3/c1-3-18-15(16)11-7-6-9-13-8-4-5-10-14(13)12-17-2/h4-11H,3,12H2,1-2H3. The van der Waals surface area contributed by atoms with Crippen LogP contribution in [0, 0.1) is 0 Å². The summed E-state index contributed by atoms with van der Waals surface area (Å²) in [7, 11) is 1.67. The lowest BCUT2D eigenvalue weighted by Crippen LogP contribution is -1.98. The van der Waals surface area contributed by atoms with Gasteiger partial charge in [-0.1, -0.05) is 42.5 Å². The van der Waals surface area contributed by atoms with Gasteiger partial charge in [-0.25, -0.2) is 4.79 Å². The molecule has 0 spiro atoms. The molecule has 0 amide bonds. The normalized spacial score (nSPS) is 11.2. The molecule has 1 aromatic carbocycles. The number of hydrogen-bond donors (Lipinski definition) is 0. The van der Waals surface area contributed by atoms with E-state index >= 15 is 0 Å². The SMILES string of the molecule is CCOC(=O)C=CC=Cc1ccccc1COC. The first-order valence-electron chi connectivity index (χ1n) is 5.86. The van der Waals surface area contributed by atoms with Gasteiger partial charge in [0.25, 0.3) is 0 Å². The molecule has 3 heteroatoms. The third-order valence-electron chi connectivity index (χ3n) is 2.26. The minimum absolute atomic E-state index is 0.327. The van der Waals surface area contributed by atoms with Gasteiger partial charge < -0.3 is 9.47 Å². The number of allylic oxidation sites excluding steroid dienone is 2. The fourth-order valence-electron chi connectivity index (χ4n) is 1.47. The van der Waals surface area contributed by atoms with Gasteiger partial charge in [-0.2, -0.15) is 0 Å². The molecule has 0 radical (unpaired) electrons. The minimum Gasteiger partial charge on any atom is -0.463 e. The zero-order chi connectivity index (χ0) is 13.2. The van der Waals surface area contributed by atoms with Crippen molar-refractivity contribution in [1.82, 2.24) is 0 Å². The van der Waals surface area contributed by atoms with Gasteiger partial charge in [-0.05, 0) is 18.1 Å². The number of methoxy groups -OCH3 is 1. The molecule has 18 heavy (non-hydrogen) atoms. The second-order valence-corrected chi connectivity index (χ2v) is 3.60. The summed E-state index contributed by atoms with van der Waals surface area (Å²) < 4.78 is 9.90. The highest BCUT2D eigenvalue weighted by Crippen LogP contribution is 2.11. The van der Waals surface area contributed by atoms with Crippen molar-refractivity contribution < 1.29 is 14.3 Å². The van der Waals surface area contributed by atoms with Gasteiger partial charge >= 0.3 is 5.97 Å². The summed E-state index contributed by atoms with van der Waals surface area (Å²) in [5.74, 6) is -0.327. The third-order valence-corrected chi connectivity index (χ3v) is 2.26. The predicted molar refractivity (Wildman–Crippen MR) is 72.0 cm³/mol. The molecule has 0 saturated heterocycles. The van der Waals surface area contributed by atoms with Crippen molar-refractivity contribution in [2.45, 2.75) is 13.5 Å². The summed E-state index contributed by atoms with van der Waals surface area (Å²) in [6, 6.07) is 7.95. The Kier molecular flexibility index (Phi) is 6.51. The Labute approximate surface area is 108 Å². The first-order valence-corrected chi connectivity index (χ1v) is 5.86. The second-order valence-electron chi connectivity index (χ2n) is 3.60. The van der Waals surface area contributed by atoms with Crippen LogP contribution in [0.1, 0.15) is 18.1 Å². The van der Waals surface area contributed by atoms with Gasteiger partial charge in [0, 0.05) is 13.2 Å². The number of benzene rings is 1. The van der Waals surface area contributed by atoms with Crippen LogP contribution in [0.2, 0.25) is 0 Å². The highest BCUT2D eigenvalue weighted by molar-refractivity contribution is 5.82. The highest BCUT2D eigenvalue weighted by atomic mass is 16.5. The van der Waals surface area contributed by atoms with Crippen LogP contribution >= 0.6 is 0 Å². The average molecular weight is 246 g/mol. The number of hydrogen-bond acceptors (Lipinski definition) is 3. The van der Waals surface area contributed by atoms with E-state index in [-0.39, 0.29) is 5.97 Å². The molecule has 0 unspecified atom stereocenters. The molecule has 96 valence electrons. The van der Waals surface area contributed by atoms with Crippen molar-refractivity contribution in [2.24, 2.45) is 0 Å². The molecule has 0 aliphatic rings. The van der Waals surface area contributed by atoms with Crippen molar-refractivity contribution in [3.05, 3.63) is 53.6 Å². The van der Waals surface area contributed by atoms with Crippen LogP contribution in [0.3, 0.4) is 0 Å². The number of ether oxygens (including phenoxy) is 2. The molecular weight excluding hydrogens is 228 g/mol. The van der Waals surface area contributed by atoms with Crippen LogP contribution in [0.25, 0.3) is 6.08 Å². The van der Waals surface area contributed by atoms with E-state index in [2.05, 4.69) is 0 Å². The molecule has 0 aliphatic carbocycles. The zero-order valence-electron chi connectivity index (χ0n) is 10.8. The van der Waals surface area contributed by atoms with Crippen molar-refractivity contribution in [3.63, 3.8) is 0 Å². The lowest BCUT2D eigenvalue weighted by Gasteiger charge is -2.03. The average Bonchev–Trinajstić information content (AvgIpc) is 2.37. The Morgan fingerprint density at radius 2 is 2.06 bits per heavy atom. The number of carbonyl (C=O) groups excluding carboxylic acids is 1. The third kappa shape index (κ3) is 4.97. The van der Waals surface area contributed by atoms with E-state index in [4.69, 9.17) is 9.47 Å². The molecule has 1 rings (SSSR count). The smallest absolute Gasteiger partial charge is 0.330 e. The molecule has 0 atom stereocenters. The maximum absolute atomic E-state index is 11.1. The Hall–Kier alpha value is -1.87. The van der Waals surface area contributed by atoms with E-state index in [1.54, 1.807) is 20.1 Å². The van der Waals surface area contributed by atoms with Crippen LogP contribution in [0.4, 0.5) is 0 Å². The Bertz CT molecular complexity index is 433. The van der Waals surface area contributed by atoms with Gasteiger partial charge in [0.2, 0.25) is 0 Å². The van der Waals surface area contributed by atoms with Crippen molar-refractivity contribution >= 4 is 12.0 Å². The quantitative estimate of drug-likeness (QED) is 0.440. The zero-order valence-corrected chi connectivity index (χ0v) is 10.8. The summed E-state index contributed by atoms with van der Waals surface area (Å²) in [5.41, 5.74) is 2.19. The molecule has 0 bridgehead atoms. The summed E-state index contributed by atoms with van der Waals surface area (Å²) in [5, 5.41) is 0. The fourth-order valence-corrected chi connectivity index (χ4v) is 1.47. The van der Waals surface area contributed by atoms with Crippen LogP contribution in [-0.4, -0.2) is 19.7 Å². The predicted octanol–water partition coefficient (Wildman–Crippen LogP) is 2.97. The first-order chi connectivity index (χ1) is 8.77. The lowest BCUT2D eigenvalue weighted by molar-refractivity contribution is -0.137. The number of rotatable bonds is 6. The molecule has 0 N–H and O–H groups in total. The van der Waals surface area contributed by atoms with E-state index in [0.717, 1.165) is 11.1 Å². The molecule has 0 aliphatic heterocycles. The van der Waals surface area contributed by atoms with E-state index in [9.17, 15) is 4.79 Å². The van der Waals surface area contributed by atoms with Gasteiger partial charge in [0.05, 0.1) is 13.2 Å². The van der Waals surface area contributed by atoms with E-state index in [1.165, 1.54) is 6.08 Å². The van der Waals surface area contributed by atoms with Crippen LogP contribution in [0.15, 0.2) is 42.5 Å². The summed E-state index contributed by atoms with van der Waals surface area (Å²) >= 11 is 0. The van der Waals surface area contributed by atoms with E-state index < -0.39 is 0 Å². The Morgan fingerprint density at radius 3 is 2.78 bits per heavy atom. The van der Waals surface area contributed by atoms with E-state index in [1.807, 2.05) is 36.4 Å². The summed E-state index contributed by atoms with van der Waals surface area (Å²) in [6.45, 7) is 2.74. The molecular formula is C15H18O3. The topological polar surface area (TPSA) is 35.5 Å². The molecule has 0 fully saturated rings. The fraction of sp³-hybridized carbons (Fsp3) is 0.267. The maximum Gasteiger partial charge on any atom is 0.330 e. The molecule has 3 nitrogen and oxygen atoms in total. The van der Waals surface area contributed by atoms with Crippen LogP contribution in [-0.2, 0) is 20.9 Å². The van der Waals surface area contributed by atoms with Crippen LogP contribution < -0.4 is 0 Å². The lowest BCUT2D eigenvalue weighted by atomic mass is 10.1. The van der Waals surface area contributed by atoms with Gasteiger partial charge in [0.15, 0.2) is 0 Å². The molecule has 1 aromatic rings. The highest BCUT2D eigenvalue weighted by Gasteiger charge is 1.96. The first kappa shape index (κ1) is 14.2. The molecule has 0 aromatic heterocycles. The summed E-state index contributed by atoms with van der Waals surface area (Å²) in [6.07, 6.45) is 6.82. The number of esters is 1. The largest absolute Gasteiger partial charge is 0.463 e. The number of carbonyl (C=O) groups is 1. The maximum atomic E-state index is 11.1.